The Balaban J connectivity index is 3.06. The summed E-state index contributed by atoms with van der Waals surface area (Å²) in [5, 5.41) is 12.3. The van der Waals surface area contributed by atoms with Crippen molar-refractivity contribution in [2.45, 2.75) is 92.4 Å². The van der Waals surface area contributed by atoms with E-state index in [1.54, 1.807) is 18.0 Å². The highest BCUT2D eigenvalue weighted by Gasteiger charge is 2.37. The predicted octanol–water partition coefficient (Wildman–Crippen LogP) is 3.15. The molecule has 1 fully saturated rings. The maximum Gasteiger partial charge on any atom is 0.331 e. The zero-order valence-corrected chi connectivity index (χ0v) is 20.8. The van der Waals surface area contributed by atoms with Crippen LogP contribution in [0.25, 0.3) is 0 Å². The van der Waals surface area contributed by atoms with Crippen molar-refractivity contribution in [3.05, 3.63) is 11.6 Å². The molecule has 1 saturated heterocycles. The van der Waals surface area contributed by atoms with E-state index in [1.165, 1.54) is 6.92 Å². The average Bonchev–Trinajstić information content (AvgIpc) is 2.67. The summed E-state index contributed by atoms with van der Waals surface area (Å²) in [6.45, 7) is 16.6. The van der Waals surface area contributed by atoms with Gasteiger partial charge in [0.1, 0.15) is 6.04 Å². The van der Waals surface area contributed by atoms with Gasteiger partial charge in [-0.1, -0.05) is 40.7 Å². The van der Waals surface area contributed by atoms with Gasteiger partial charge in [0, 0.05) is 25.2 Å². The largest absolute Gasteiger partial charge is 0.478 e. The molecular weight excluding hydrogens is 394 g/mol. The molecule has 0 spiro atoms. The number of likely N-dealkylation sites (N-methyl/N-ethyl adjacent to an activating group) is 1. The second kappa shape index (κ2) is 11.7. The molecule has 0 aromatic heterocycles. The van der Waals surface area contributed by atoms with Crippen molar-refractivity contribution in [3.8, 4) is 0 Å². The molecule has 0 aromatic rings. The number of aliphatic carboxylic acids is 1. The van der Waals surface area contributed by atoms with E-state index < -0.39 is 12.0 Å². The minimum Gasteiger partial charge on any atom is -0.478 e. The monoisotopic (exact) mass is 437 g/mol. The summed E-state index contributed by atoms with van der Waals surface area (Å²) in [5.41, 5.74) is 0.201. The second-order valence-corrected chi connectivity index (χ2v) is 10.1. The van der Waals surface area contributed by atoms with Crippen molar-refractivity contribution in [3.63, 3.8) is 0 Å². The molecule has 0 aromatic carbocycles. The lowest BCUT2D eigenvalue weighted by molar-refractivity contribution is -0.140. The van der Waals surface area contributed by atoms with Crippen LogP contribution in [0.3, 0.4) is 0 Å². The third-order valence-corrected chi connectivity index (χ3v) is 6.29. The molecule has 31 heavy (non-hydrogen) atoms. The third-order valence-electron chi connectivity index (χ3n) is 6.29. The summed E-state index contributed by atoms with van der Waals surface area (Å²) in [4.78, 5) is 41.7. The third kappa shape index (κ3) is 7.34. The summed E-state index contributed by atoms with van der Waals surface area (Å²) in [6, 6.07) is -1.01. The standard InChI is InChI=1S/C24H43N3O4/c1-14(2)20(12-18(8)24(30)31)26(9)23(29)21(15(3)4)25-22(28)19-11-10-17(7)13-27(19)16(5)6/h12,14-17,19-21H,10-11,13H2,1-9H3,(H,25,28)(H,30,31)/t17-,19?,20-,21+/m1/s1. The van der Waals surface area contributed by atoms with Crippen molar-refractivity contribution in [2.75, 3.05) is 13.6 Å². The van der Waals surface area contributed by atoms with E-state index in [0.717, 1.165) is 19.4 Å². The molecule has 1 aliphatic rings. The van der Waals surface area contributed by atoms with Crippen molar-refractivity contribution in [1.82, 2.24) is 15.1 Å². The van der Waals surface area contributed by atoms with Gasteiger partial charge >= 0.3 is 5.97 Å². The van der Waals surface area contributed by atoms with E-state index in [1.807, 2.05) is 27.7 Å². The molecule has 7 nitrogen and oxygen atoms in total. The molecule has 0 saturated carbocycles. The smallest absolute Gasteiger partial charge is 0.331 e. The number of amides is 2. The first kappa shape index (κ1) is 27.1. The number of hydrogen-bond donors (Lipinski definition) is 2. The van der Waals surface area contributed by atoms with E-state index in [4.69, 9.17) is 0 Å². The average molecular weight is 438 g/mol. The fourth-order valence-electron chi connectivity index (χ4n) is 4.25. The Morgan fingerprint density at radius 2 is 1.65 bits per heavy atom. The fraction of sp³-hybridized carbons (Fsp3) is 0.792. The molecular formula is C24H43N3O4. The number of carboxylic acids is 1. The molecule has 0 aliphatic carbocycles. The van der Waals surface area contributed by atoms with Gasteiger partial charge in [0.2, 0.25) is 11.8 Å². The van der Waals surface area contributed by atoms with Crippen LogP contribution in [-0.4, -0.2) is 70.4 Å². The van der Waals surface area contributed by atoms with Gasteiger partial charge in [-0.2, -0.15) is 0 Å². The van der Waals surface area contributed by atoms with Gasteiger partial charge in [-0.25, -0.2) is 4.79 Å². The maximum atomic E-state index is 13.4. The van der Waals surface area contributed by atoms with Gasteiger partial charge in [-0.3, -0.25) is 14.5 Å². The van der Waals surface area contributed by atoms with Gasteiger partial charge in [0.25, 0.3) is 0 Å². The van der Waals surface area contributed by atoms with Crippen molar-refractivity contribution < 1.29 is 19.5 Å². The Bertz CT molecular complexity index is 672. The summed E-state index contributed by atoms with van der Waals surface area (Å²) < 4.78 is 0. The first-order valence-electron chi connectivity index (χ1n) is 11.5. The van der Waals surface area contributed by atoms with Crippen LogP contribution in [0.4, 0.5) is 0 Å². The number of hydrogen-bond acceptors (Lipinski definition) is 4. The van der Waals surface area contributed by atoms with Crippen LogP contribution in [-0.2, 0) is 14.4 Å². The van der Waals surface area contributed by atoms with Gasteiger partial charge in [-0.05, 0) is 51.4 Å². The Labute approximate surface area is 188 Å². The zero-order chi connectivity index (χ0) is 24.0. The van der Waals surface area contributed by atoms with Crippen molar-refractivity contribution >= 4 is 17.8 Å². The number of carbonyl (C=O) groups is 3. The highest BCUT2D eigenvalue weighted by Crippen LogP contribution is 2.24. The zero-order valence-electron chi connectivity index (χ0n) is 20.8. The highest BCUT2D eigenvalue weighted by atomic mass is 16.4. The summed E-state index contributed by atoms with van der Waals surface area (Å²) in [6.07, 6.45) is 3.40. The quantitative estimate of drug-likeness (QED) is 0.541. The molecule has 2 N–H and O–H groups in total. The summed E-state index contributed by atoms with van der Waals surface area (Å²) >= 11 is 0. The molecule has 1 aliphatic heterocycles. The topological polar surface area (TPSA) is 90.0 Å². The van der Waals surface area contributed by atoms with Gasteiger partial charge in [0.15, 0.2) is 0 Å². The van der Waals surface area contributed by atoms with E-state index in [2.05, 4.69) is 31.0 Å². The predicted molar refractivity (Wildman–Crippen MR) is 124 cm³/mol. The molecule has 7 heteroatoms. The minimum atomic E-state index is -1.000. The Morgan fingerprint density at radius 1 is 1.06 bits per heavy atom. The van der Waals surface area contributed by atoms with Crippen LogP contribution < -0.4 is 5.32 Å². The molecule has 1 heterocycles. The lowest BCUT2D eigenvalue weighted by atomic mass is 9.91. The van der Waals surface area contributed by atoms with Gasteiger partial charge in [-0.15, -0.1) is 0 Å². The number of nitrogens with zero attached hydrogens (tertiary/aromatic N) is 2. The van der Waals surface area contributed by atoms with Crippen LogP contribution in [0.1, 0.15) is 68.2 Å². The van der Waals surface area contributed by atoms with Crippen molar-refractivity contribution in [2.24, 2.45) is 17.8 Å². The van der Waals surface area contributed by atoms with Crippen molar-refractivity contribution in [1.29, 1.82) is 0 Å². The second-order valence-electron chi connectivity index (χ2n) is 10.1. The Hall–Kier alpha value is -1.89. The van der Waals surface area contributed by atoms with E-state index in [0.29, 0.717) is 5.92 Å². The number of rotatable bonds is 9. The van der Waals surface area contributed by atoms with Gasteiger partial charge < -0.3 is 15.3 Å². The van der Waals surface area contributed by atoms with E-state index >= 15 is 0 Å². The first-order valence-corrected chi connectivity index (χ1v) is 11.5. The lowest BCUT2D eigenvalue weighted by Crippen LogP contribution is -2.59. The van der Waals surface area contributed by atoms with Crippen LogP contribution in [0.2, 0.25) is 0 Å². The highest BCUT2D eigenvalue weighted by molar-refractivity contribution is 5.90. The Morgan fingerprint density at radius 3 is 2.10 bits per heavy atom. The van der Waals surface area contributed by atoms with Crippen LogP contribution in [0.5, 0.6) is 0 Å². The van der Waals surface area contributed by atoms with Gasteiger partial charge in [0.05, 0.1) is 12.1 Å². The molecule has 0 bridgehead atoms. The fourth-order valence-corrected chi connectivity index (χ4v) is 4.25. The van der Waals surface area contributed by atoms with Crippen LogP contribution in [0, 0.1) is 17.8 Å². The number of nitrogens with one attached hydrogen (secondary N) is 1. The normalized spacial score (nSPS) is 22.5. The molecule has 1 unspecified atom stereocenters. The molecule has 4 atom stereocenters. The Kier molecular flexibility index (Phi) is 10.2. The molecule has 1 rings (SSSR count). The first-order chi connectivity index (χ1) is 14.3. The number of carbonyl (C=O) groups excluding carboxylic acids is 2. The summed E-state index contributed by atoms with van der Waals surface area (Å²) in [7, 11) is 1.68. The SMILES string of the molecule is CC(=C[C@H](C(C)C)N(C)C(=O)[C@@H](NC(=O)C1CC[C@@H](C)CN1C(C)C)C(C)C)C(=O)O. The van der Waals surface area contributed by atoms with E-state index in [9.17, 15) is 19.5 Å². The molecule has 2 amide bonds. The number of piperidine rings is 1. The van der Waals surface area contributed by atoms with E-state index in [-0.39, 0.29) is 47.3 Å². The molecule has 178 valence electrons. The minimum absolute atomic E-state index is 0.0306. The van der Waals surface area contributed by atoms with Crippen LogP contribution >= 0.6 is 0 Å². The molecule has 0 radical (unpaired) electrons. The number of likely N-dealkylation sites (tertiary alicyclic amines) is 1. The summed E-state index contributed by atoms with van der Waals surface area (Å²) in [5.74, 6) is -0.804. The number of carboxylic acid groups (broad SMARTS) is 1. The van der Waals surface area contributed by atoms with Crippen LogP contribution in [0.15, 0.2) is 11.6 Å². The lowest BCUT2D eigenvalue weighted by Gasteiger charge is -2.41. The maximum absolute atomic E-state index is 13.4.